The summed E-state index contributed by atoms with van der Waals surface area (Å²) in [7, 11) is 0. The van der Waals surface area contributed by atoms with Gasteiger partial charge in [-0.15, -0.1) is 0 Å². The second kappa shape index (κ2) is 7.97. The van der Waals surface area contributed by atoms with Crippen LogP contribution in [0, 0.1) is 5.92 Å². The number of benzene rings is 2. The Labute approximate surface area is 167 Å². The second-order valence-corrected chi connectivity index (χ2v) is 8.56. The molecule has 0 amide bonds. The van der Waals surface area contributed by atoms with Crippen LogP contribution in [-0.2, 0) is 12.8 Å². The van der Waals surface area contributed by atoms with Gasteiger partial charge in [0.25, 0.3) is 0 Å². The van der Waals surface area contributed by atoms with Gasteiger partial charge in [0.05, 0.1) is 12.6 Å². The van der Waals surface area contributed by atoms with E-state index in [-0.39, 0.29) is 28.6 Å². The minimum atomic E-state index is -4.30. The van der Waals surface area contributed by atoms with Crippen molar-refractivity contribution in [2.24, 2.45) is 11.8 Å². The maximum atomic E-state index is 12.9. The highest BCUT2D eigenvalue weighted by Crippen LogP contribution is 2.44. The normalized spacial score (nSPS) is 22.7. The first-order valence-electron chi connectivity index (χ1n) is 9.51. The molecule has 28 heavy (non-hydrogen) atoms. The van der Waals surface area contributed by atoms with Crippen LogP contribution in [0.15, 0.2) is 47.4 Å². The lowest BCUT2D eigenvalue weighted by molar-refractivity contribution is -0.0328. The van der Waals surface area contributed by atoms with E-state index in [9.17, 15) is 13.2 Å². The molecule has 2 heterocycles. The lowest BCUT2D eigenvalue weighted by Crippen LogP contribution is -2.44. The zero-order valence-electron chi connectivity index (χ0n) is 15.4. The van der Waals surface area contributed by atoms with Crippen LogP contribution < -0.4 is 10.6 Å². The Hall–Kier alpha value is -1.70. The molecule has 0 aromatic heterocycles. The van der Waals surface area contributed by atoms with Crippen molar-refractivity contribution in [1.82, 2.24) is 5.01 Å². The molecule has 0 aliphatic carbocycles. The fraction of sp³-hybridized carbons (Fsp3) is 0.429. The van der Waals surface area contributed by atoms with Gasteiger partial charge in [0, 0.05) is 17.9 Å². The zero-order chi connectivity index (χ0) is 19.7. The van der Waals surface area contributed by atoms with E-state index in [4.69, 9.17) is 10.6 Å². The number of fused-ring (bicyclic) bond motifs is 1. The third-order valence-electron chi connectivity index (χ3n) is 5.49. The number of ether oxygens (including phenoxy) is 1. The molecule has 2 aliphatic heterocycles. The largest absolute Gasteiger partial charge is 0.493 e. The Bertz CT molecular complexity index is 828. The second-order valence-electron chi connectivity index (χ2n) is 7.42. The van der Waals surface area contributed by atoms with E-state index in [0.29, 0.717) is 19.4 Å². The number of hydrogen-bond acceptors (Lipinski definition) is 4. The van der Waals surface area contributed by atoms with E-state index in [1.165, 1.54) is 0 Å². The molecule has 0 unspecified atom stereocenters. The topological polar surface area (TPSA) is 38.5 Å². The average Bonchev–Trinajstić information content (AvgIpc) is 3.10. The molecule has 0 saturated carbocycles. The molecular formula is C21H23F3N2OS. The molecule has 3 nitrogen and oxygen atoms in total. The number of nitrogens with zero attached hydrogens (tertiary/aromatic N) is 1. The van der Waals surface area contributed by atoms with Gasteiger partial charge in [0.2, 0.25) is 0 Å². The first-order chi connectivity index (χ1) is 13.4. The van der Waals surface area contributed by atoms with Crippen molar-refractivity contribution in [2.45, 2.75) is 42.1 Å². The van der Waals surface area contributed by atoms with E-state index in [0.717, 1.165) is 41.8 Å². The molecule has 2 aromatic carbocycles. The molecule has 0 bridgehead atoms. The Kier molecular flexibility index (Phi) is 5.58. The molecule has 2 aliphatic rings. The number of rotatable bonds is 4. The molecule has 2 atom stereocenters. The Morgan fingerprint density at radius 2 is 1.96 bits per heavy atom. The number of nitrogens with two attached hydrogens (primary N) is 1. The summed E-state index contributed by atoms with van der Waals surface area (Å²) < 4.78 is 44.6. The monoisotopic (exact) mass is 408 g/mol. The Morgan fingerprint density at radius 3 is 2.71 bits per heavy atom. The van der Waals surface area contributed by atoms with Crippen LogP contribution in [0.25, 0.3) is 0 Å². The van der Waals surface area contributed by atoms with Gasteiger partial charge >= 0.3 is 5.51 Å². The fourth-order valence-corrected chi connectivity index (χ4v) is 5.08. The first-order valence-corrected chi connectivity index (χ1v) is 10.3. The van der Waals surface area contributed by atoms with Crippen LogP contribution in [0.1, 0.15) is 35.6 Å². The smallest absolute Gasteiger partial charge is 0.446 e. The van der Waals surface area contributed by atoms with Crippen LogP contribution in [-0.4, -0.2) is 23.7 Å². The van der Waals surface area contributed by atoms with Crippen LogP contribution in [0.5, 0.6) is 5.75 Å². The van der Waals surface area contributed by atoms with Crippen molar-refractivity contribution >= 4 is 11.8 Å². The zero-order valence-corrected chi connectivity index (χ0v) is 16.2. The summed E-state index contributed by atoms with van der Waals surface area (Å²) >= 11 is -0.0500. The van der Waals surface area contributed by atoms with E-state index in [1.807, 2.05) is 23.2 Å². The van der Waals surface area contributed by atoms with E-state index in [2.05, 4.69) is 12.1 Å². The van der Waals surface area contributed by atoms with Gasteiger partial charge in [-0.3, -0.25) is 5.84 Å². The van der Waals surface area contributed by atoms with Crippen LogP contribution in [0.4, 0.5) is 13.2 Å². The molecule has 2 aromatic rings. The van der Waals surface area contributed by atoms with Gasteiger partial charge in [0.15, 0.2) is 0 Å². The number of piperidine rings is 1. The SMILES string of the molecule is NN1CCC[C@@H](Cc2cc(SC(F)(F)F)cc3c2OCC3)[C@H]1c1ccccc1. The highest BCUT2D eigenvalue weighted by Gasteiger charge is 2.34. The molecule has 7 heteroatoms. The lowest BCUT2D eigenvalue weighted by atomic mass is 9.81. The van der Waals surface area contributed by atoms with E-state index < -0.39 is 5.51 Å². The minimum absolute atomic E-state index is 0.0472. The lowest BCUT2D eigenvalue weighted by Gasteiger charge is -2.39. The molecule has 4 rings (SSSR count). The van der Waals surface area contributed by atoms with Crippen molar-refractivity contribution in [1.29, 1.82) is 0 Å². The summed E-state index contributed by atoms with van der Waals surface area (Å²) in [5.74, 6) is 7.32. The number of alkyl halides is 3. The van der Waals surface area contributed by atoms with Crippen molar-refractivity contribution in [3.05, 3.63) is 59.2 Å². The van der Waals surface area contributed by atoms with Gasteiger partial charge in [0.1, 0.15) is 5.75 Å². The summed E-state index contributed by atoms with van der Waals surface area (Å²) in [6, 6.07) is 13.4. The molecule has 1 saturated heterocycles. The molecule has 0 radical (unpaired) electrons. The van der Waals surface area contributed by atoms with Gasteiger partial charge in [-0.05, 0) is 65.8 Å². The van der Waals surface area contributed by atoms with Gasteiger partial charge in [-0.1, -0.05) is 30.3 Å². The van der Waals surface area contributed by atoms with E-state index in [1.54, 1.807) is 12.1 Å². The predicted octanol–water partition coefficient (Wildman–Crippen LogP) is 5.10. The summed E-state index contributed by atoms with van der Waals surface area (Å²) in [6.45, 7) is 1.34. The van der Waals surface area contributed by atoms with Crippen molar-refractivity contribution in [2.75, 3.05) is 13.2 Å². The maximum Gasteiger partial charge on any atom is 0.446 e. The number of thioether (sulfide) groups is 1. The summed E-state index contributed by atoms with van der Waals surface area (Å²) in [5, 5.41) is 1.87. The average molecular weight is 408 g/mol. The molecule has 150 valence electrons. The number of halogens is 3. The van der Waals surface area contributed by atoms with Gasteiger partial charge in [-0.25, -0.2) is 5.01 Å². The maximum absolute atomic E-state index is 12.9. The molecule has 0 spiro atoms. The quantitative estimate of drug-likeness (QED) is 0.564. The van der Waals surface area contributed by atoms with Crippen LogP contribution in [0.2, 0.25) is 0 Å². The standard InChI is InChI=1S/C21H23F3N2OS/c22-21(23,24)28-18-12-16-8-10-27-20(16)17(13-18)11-15-7-4-9-26(25)19(15)14-5-2-1-3-6-14/h1-3,5-6,12-13,15,19H,4,7-11,25H2/t15-,19+/m0/s1. The molecular weight excluding hydrogens is 385 g/mol. The number of hydrazine groups is 1. The van der Waals surface area contributed by atoms with Gasteiger partial charge in [-0.2, -0.15) is 13.2 Å². The Balaban J connectivity index is 1.65. The van der Waals surface area contributed by atoms with Gasteiger partial charge < -0.3 is 4.74 Å². The predicted molar refractivity (Wildman–Crippen MR) is 104 cm³/mol. The first kappa shape index (κ1) is 19.6. The third kappa shape index (κ3) is 4.31. The third-order valence-corrected chi connectivity index (χ3v) is 6.19. The summed E-state index contributed by atoms with van der Waals surface area (Å²) in [5.41, 5.74) is -1.41. The van der Waals surface area contributed by atoms with Crippen molar-refractivity contribution in [3.8, 4) is 5.75 Å². The highest BCUT2D eigenvalue weighted by molar-refractivity contribution is 8.00. The fourth-order valence-electron chi connectivity index (χ4n) is 4.41. The van der Waals surface area contributed by atoms with Crippen LogP contribution in [0.3, 0.4) is 0 Å². The Morgan fingerprint density at radius 1 is 1.18 bits per heavy atom. The summed E-state index contributed by atoms with van der Waals surface area (Å²) in [4.78, 5) is 0.239. The highest BCUT2D eigenvalue weighted by atomic mass is 32.2. The van der Waals surface area contributed by atoms with Crippen molar-refractivity contribution in [3.63, 3.8) is 0 Å². The van der Waals surface area contributed by atoms with Crippen LogP contribution >= 0.6 is 11.8 Å². The summed E-state index contributed by atoms with van der Waals surface area (Å²) in [6.07, 6.45) is 3.27. The molecule has 2 N–H and O–H groups in total. The van der Waals surface area contributed by atoms with Crippen molar-refractivity contribution < 1.29 is 17.9 Å². The molecule has 1 fully saturated rings. The minimum Gasteiger partial charge on any atom is -0.493 e. The van der Waals surface area contributed by atoms with E-state index >= 15 is 0 Å². The number of hydrogen-bond donors (Lipinski definition) is 1.